The number of aromatic carboxylic acids is 1. The lowest BCUT2D eigenvalue weighted by atomic mass is 10.1. The lowest BCUT2D eigenvalue weighted by Gasteiger charge is -2.09. The number of carboxylic acids is 1. The number of carbonyl (C=O) groups is 2. The fraction of sp³-hybridized carbons (Fsp3) is 0.333. The van der Waals surface area contributed by atoms with E-state index in [4.69, 9.17) is 9.99 Å². The summed E-state index contributed by atoms with van der Waals surface area (Å²) in [5, 5.41) is 8.89. The quantitative estimate of drug-likeness (QED) is 0.629. The van der Waals surface area contributed by atoms with E-state index in [9.17, 15) is 9.59 Å². The van der Waals surface area contributed by atoms with Gasteiger partial charge in [-0.1, -0.05) is 19.1 Å². The largest absolute Gasteiger partial charge is 0.478 e. The molecule has 5 heteroatoms. The van der Waals surface area contributed by atoms with Crippen molar-refractivity contribution in [2.75, 3.05) is 0 Å². The summed E-state index contributed by atoms with van der Waals surface area (Å²) in [6.07, 6.45) is 0.462. The first kappa shape index (κ1) is 13.2. The van der Waals surface area contributed by atoms with Crippen LogP contribution in [0.1, 0.15) is 41.0 Å². The second-order valence-electron chi connectivity index (χ2n) is 3.54. The Balaban J connectivity index is 2.78. The summed E-state index contributed by atoms with van der Waals surface area (Å²) >= 11 is 0. The monoisotopic (exact) mass is 238 g/mol. The summed E-state index contributed by atoms with van der Waals surface area (Å²) in [6.45, 7) is 3.63. The summed E-state index contributed by atoms with van der Waals surface area (Å²) in [6, 6.07) is 5.82. The Morgan fingerprint density at radius 1 is 1.29 bits per heavy atom. The molecule has 92 valence electrons. The van der Waals surface area contributed by atoms with Crippen LogP contribution in [0.25, 0.3) is 0 Å². The molecule has 0 fully saturated rings. The summed E-state index contributed by atoms with van der Waals surface area (Å²) in [4.78, 5) is 31.8. The van der Waals surface area contributed by atoms with Crippen molar-refractivity contribution in [1.29, 1.82) is 0 Å². The van der Waals surface area contributed by atoms with Crippen molar-refractivity contribution in [3.05, 3.63) is 35.4 Å². The van der Waals surface area contributed by atoms with Gasteiger partial charge in [0.05, 0.1) is 11.1 Å². The third-order valence-corrected chi connectivity index (χ3v) is 2.24. The minimum atomic E-state index is -1.18. The van der Waals surface area contributed by atoms with E-state index >= 15 is 0 Å². The Hall–Kier alpha value is -1.88. The van der Waals surface area contributed by atoms with Crippen LogP contribution in [0.2, 0.25) is 0 Å². The minimum Gasteiger partial charge on any atom is -0.478 e. The molecule has 0 aliphatic rings. The molecular formula is C12H14O5. The molecule has 5 nitrogen and oxygen atoms in total. The summed E-state index contributed by atoms with van der Waals surface area (Å²) in [7, 11) is 0. The third-order valence-electron chi connectivity index (χ3n) is 2.24. The fourth-order valence-electron chi connectivity index (χ4n) is 1.09. The molecule has 1 aromatic rings. The second-order valence-corrected chi connectivity index (χ2v) is 3.54. The summed E-state index contributed by atoms with van der Waals surface area (Å²) < 4.78 is 0. The van der Waals surface area contributed by atoms with Crippen LogP contribution < -0.4 is 0 Å². The van der Waals surface area contributed by atoms with E-state index in [1.807, 2.05) is 6.92 Å². The van der Waals surface area contributed by atoms with Crippen LogP contribution in [-0.4, -0.2) is 23.1 Å². The van der Waals surface area contributed by atoms with Gasteiger partial charge in [-0.15, -0.1) is 0 Å². The van der Waals surface area contributed by atoms with Gasteiger partial charge in [-0.2, -0.15) is 4.89 Å². The van der Waals surface area contributed by atoms with Gasteiger partial charge in [-0.05, 0) is 25.5 Å². The van der Waals surface area contributed by atoms with E-state index in [2.05, 4.69) is 4.89 Å². The van der Waals surface area contributed by atoms with Gasteiger partial charge in [0.25, 0.3) is 0 Å². The summed E-state index contributed by atoms with van der Waals surface area (Å²) in [5.74, 6) is -1.98. The van der Waals surface area contributed by atoms with Gasteiger partial charge in [-0.25, -0.2) is 9.59 Å². The Morgan fingerprint density at radius 3 is 2.41 bits per heavy atom. The van der Waals surface area contributed by atoms with E-state index in [0.717, 1.165) is 0 Å². The van der Waals surface area contributed by atoms with Crippen molar-refractivity contribution in [2.24, 2.45) is 0 Å². The lowest BCUT2D eigenvalue weighted by molar-refractivity contribution is -0.270. The van der Waals surface area contributed by atoms with E-state index in [0.29, 0.717) is 6.42 Å². The molecule has 0 saturated heterocycles. The number of carbonyl (C=O) groups excluding carboxylic acids is 1. The van der Waals surface area contributed by atoms with Crippen LogP contribution in [-0.2, 0) is 9.78 Å². The van der Waals surface area contributed by atoms with Crippen molar-refractivity contribution in [3.8, 4) is 0 Å². The van der Waals surface area contributed by atoms with Crippen molar-refractivity contribution in [2.45, 2.75) is 26.4 Å². The van der Waals surface area contributed by atoms with Crippen LogP contribution >= 0.6 is 0 Å². The molecule has 0 aliphatic heterocycles. The highest BCUT2D eigenvalue weighted by Gasteiger charge is 2.18. The van der Waals surface area contributed by atoms with E-state index in [1.165, 1.54) is 18.2 Å². The predicted octanol–water partition coefficient (Wildman–Crippen LogP) is 2.27. The zero-order valence-electron chi connectivity index (χ0n) is 9.67. The zero-order chi connectivity index (χ0) is 12.8. The van der Waals surface area contributed by atoms with E-state index < -0.39 is 11.9 Å². The van der Waals surface area contributed by atoms with E-state index in [-0.39, 0.29) is 17.2 Å². The van der Waals surface area contributed by atoms with Crippen LogP contribution in [0.5, 0.6) is 0 Å². The zero-order valence-corrected chi connectivity index (χ0v) is 9.67. The Kier molecular flexibility index (Phi) is 4.66. The smallest absolute Gasteiger partial charge is 0.373 e. The predicted molar refractivity (Wildman–Crippen MR) is 59.7 cm³/mol. The molecule has 1 atom stereocenters. The average Bonchev–Trinajstić information content (AvgIpc) is 2.35. The highest BCUT2D eigenvalue weighted by atomic mass is 17.2. The minimum absolute atomic E-state index is 0.0247. The third kappa shape index (κ3) is 3.57. The van der Waals surface area contributed by atoms with Crippen molar-refractivity contribution in [1.82, 2.24) is 0 Å². The maximum absolute atomic E-state index is 11.6. The van der Waals surface area contributed by atoms with Gasteiger partial charge >= 0.3 is 11.9 Å². The van der Waals surface area contributed by atoms with Crippen LogP contribution in [0.4, 0.5) is 0 Å². The highest BCUT2D eigenvalue weighted by Crippen LogP contribution is 2.11. The van der Waals surface area contributed by atoms with Crippen molar-refractivity contribution < 1.29 is 24.5 Å². The SMILES string of the molecule is CCC(C)OOC(=O)c1ccccc1C(=O)O. The Bertz CT molecular complexity index is 413. The number of benzene rings is 1. The molecule has 17 heavy (non-hydrogen) atoms. The van der Waals surface area contributed by atoms with Gasteiger partial charge < -0.3 is 5.11 Å². The fourth-order valence-corrected chi connectivity index (χ4v) is 1.09. The first-order valence-electron chi connectivity index (χ1n) is 5.26. The number of hydrogen-bond acceptors (Lipinski definition) is 4. The molecule has 1 unspecified atom stereocenters. The standard InChI is InChI=1S/C12H14O5/c1-3-8(2)16-17-12(15)10-7-5-4-6-9(10)11(13)14/h4-8H,3H2,1-2H3,(H,13,14). The molecule has 0 aromatic heterocycles. The Labute approximate surface area is 98.9 Å². The molecule has 0 spiro atoms. The normalized spacial score (nSPS) is 11.9. The molecule has 1 aromatic carbocycles. The molecule has 1 N–H and O–H groups in total. The maximum atomic E-state index is 11.6. The first-order chi connectivity index (χ1) is 8.06. The van der Waals surface area contributed by atoms with Crippen LogP contribution in [0.3, 0.4) is 0 Å². The van der Waals surface area contributed by atoms with Gasteiger partial charge in [0.2, 0.25) is 0 Å². The second kappa shape index (κ2) is 6.00. The van der Waals surface area contributed by atoms with Gasteiger partial charge in [-0.3, -0.25) is 4.89 Å². The van der Waals surface area contributed by atoms with E-state index in [1.54, 1.807) is 13.0 Å². The van der Waals surface area contributed by atoms with Gasteiger partial charge in [0.1, 0.15) is 6.10 Å². The van der Waals surface area contributed by atoms with Crippen molar-refractivity contribution in [3.63, 3.8) is 0 Å². The molecule has 1 rings (SSSR count). The van der Waals surface area contributed by atoms with Gasteiger partial charge in [0, 0.05) is 0 Å². The molecule has 0 aliphatic carbocycles. The lowest BCUT2D eigenvalue weighted by Crippen LogP contribution is -2.15. The number of hydrogen-bond donors (Lipinski definition) is 1. The highest BCUT2D eigenvalue weighted by molar-refractivity contribution is 6.02. The Morgan fingerprint density at radius 2 is 1.88 bits per heavy atom. The molecular weight excluding hydrogens is 224 g/mol. The molecule has 0 amide bonds. The molecule has 0 heterocycles. The first-order valence-corrected chi connectivity index (χ1v) is 5.26. The van der Waals surface area contributed by atoms with Gasteiger partial charge in [0.15, 0.2) is 0 Å². The number of carboxylic acid groups (broad SMARTS) is 1. The van der Waals surface area contributed by atoms with Crippen LogP contribution in [0.15, 0.2) is 24.3 Å². The molecule has 0 bridgehead atoms. The summed E-state index contributed by atoms with van der Waals surface area (Å²) in [5.41, 5.74) is -0.131. The average molecular weight is 238 g/mol. The molecule has 0 saturated carbocycles. The maximum Gasteiger partial charge on any atom is 0.373 e. The topological polar surface area (TPSA) is 72.8 Å². The molecule has 0 radical (unpaired) electrons. The number of rotatable bonds is 5. The van der Waals surface area contributed by atoms with Crippen LogP contribution in [0, 0.1) is 0 Å². The van der Waals surface area contributed by atoms with Crippen molar-refractivity contribution >= 4 is 11.9 Å².